The Balaban J connectivity index is 2.14. The Morgan fingerprint density at radius 2 is 1.94 bits per heavy atom. The zero-order valence-corrected chi connectivity index (χ0v) is 11.0. The molecular formula is C12H13Cl2NO2. The zero-order chi connectivity index (χ0) is 12.3. The third-order valence-corrected chi connectivity index (χ3v) is 3.72. The lowest BCUT2D eigenvalue weighted by molar-refractivity contribution is 0.0181. The molecule has 1 heterocycles. The van der Waals surface area contributed by atoms with Gasteiger partial charge in [-0.2, -0.15) is 0 Å². The van der Waals surface area contributed by atoms with E-state index in [0.717, 1.165) is 17.0 Å². The normalized spacial score (nSPS) is 17.5. The van der Waals surface area contributed by atoms with E-state index in [1.54, 1.807) is 7.11 Å². The summed E-state index contributed by atoms with van der Waals surface area (Å²) in [6, 6.07) is 7.66. The number of benzene rings is 1. The van der Waals surface area contributed by atoms with Crippen LogP contribution in [0.3, 0.4) is 0 Å². The Morgan fingerprint density at radius 3 is 2.41 bits per heavy atom. The minimum Gasteiger partial charge on any atom is -0.497 e. The molecule has 1 aromatic rings. The van der Waals surface area contributed by atoms with Gasteiger partial charge >= 0.3 is 0 Å². The number of rotatable bonds is 4. The van der Waals surface area contributed by atoms with Gasteiger partial charge in [-0.15, -0.1) is 23.2 Å². The van der Waals surface area contributed by atoms with Crippen LogP contribution in [0.4, 0.5) is 0 Å². The Morgan fingerprint density at radius 1 is 1.29 bits per heavy atom. The van der Waals surface area contributed by atoms with Gasteiger partial charge in [0.25, 0.3) is 0 Å². The Kier molecular flexibility index (Phi) is 3.79. The van der Waals surface area contributed by atoms with Crippen molar-refractivity contribution in [2.24, 2.45) is 5.16 Å². The van der Waals surface area contributed by atoms with Crippen LogP contribution in [0, 0.1) is 0 Å². The van der Waals surface area contributed by atoms with Gasteiger partial charge < -0.3 is 9.57 Å². The van der Waals surface area contributed by atoms with E-state index in [-0.39, 0.29) is 0 Å². The van der Waals surface area contributed by atoms with Gasteiger partial charge in [0.2, 0.25) is 0 Å². The predicted octanol–water partition coefficient (Wildman–Crippen LogP) is 3.04. The molecular weight excluding hydrogens is 261 g/mol. The maximum Gasteiger partial charge on any atom is 0.170 e. The fraction of sp³-hybridized carbons (Fsp3) is 0.417. The highest BCUT2D eigenvalue weighted by Gasteiger charge is 2.38. The minimum absolute atomic E-state index is 0.333. The van der Waals surface area contributed by atoms with E-state index in [1.165, 1.54) is 0 Å². The molecule has 1 aliphatic rings. The molecule has 1 aliphatic heterocycles. The SMILES string of the molecule is COc1ccc(C2=NOC(CCl)(CCl)C2)cc1. The van der Waals surface area contributed by atoms with Crippen LogP contribution in [0.1, 0.15) is 12.0 Å². The second kappa shape index (κ2) is 5.15. The van der Waals surface area contributed by atoms with Gasteiger partial charge in [0.1, 0.15) is 5.75 Å². The van der Waals surface area contributed by atoms with Crippen molar-refractivity contribution in [3.05, 3.63) is 29.8 Å². The highest BCUT2D eigenvalue weighted by molar-refractivity contribution is 6.22. The summed E-state index contributed by atoms with van der Waals surface area (Å²) in [6.07, 6.45) is 0.631. The number of ether oxygens (including phenoxy) is 1. The van der Waals surface area contributed by atoms with E-state index in [4.69, 9.17) is 32.8 Å². The number of alkyl halides is 2. The first-order chi connectivity index (χ1) is 8.23. The summed E-state index contributed by atoms with van der Waals surface area (Å²) < 4.78 is 5.10. The lowest BCUT2D eigenvalue weighted by Gasteiger charge is -2.20. The first kappa shape index (κ1) is 12.5. The molecule has 1 aromatic carbocycles. The van der Waals surface area contributed by atoms with Crippen molar-refractivity contribution in [1.29, 1.82) is 0 Å². The summed E-state index contributed by atoms with van der Waals surface area (Å²) in [4.78, 5) is 5.36. The van der Waals surface area contributed by atoms with E-state index < -0.39 is 5.60 Å². The van der Waals surface area contributed by atoms with E-state index in [2.05, 4.69) is 5.16 Å². The molecule has 0 saturated heterocycles. The Bertz CT molecular complexity index is 413. The molecule has 92 valence electrons. The molecule has 0 spiro atoms. The highest BCUT2D eigenvalue weighted by atomic mass is 35.5. The van der Waals surface area contributed by atoms with Crippen molar-refractivity contribution < 1.29 is 9.57 Å². The summed E-state index contributed by atoms with van der Waals surface area (Å²) in [5.41, 5.74) is 1.31. The molecule has 0 amide bonds. The maximum atomic E-state index is 5.86. The molecule has 5 heteroatoms. The van der Waals surface area contributed by atoms with Gasteiger partial charge in [-0.25, -0.2) is 0 Å². The number of hydrogen-bond donors (Lipinski definition) is 0. The molecule has 0 fully saturated rings. The monoisotopic (exact) mass is 273 g/mol. The number of nitrogens with zero attached hydrogens (tertiary/aromatic N) is 1. The number of hydrogen-bond acceptors (Lipinski definition) is 3. The minimum atomic E-state index is -0.557. The van der Waals surface area contributed by atoms with Crippen LogP contribution in [-0.4, -0.2) is 30.2 Å². The molecule has 0 radical (unpaired) electrons. The molecule has 0 aliphatic carbocycles. The van der Waals surface area contributed by atoms with E-state index >= 15 is 0 Å². The summed E-state index contributed by atoms with van der Waals surface area (Å²) in [5, 5.41) is 4.06. The zero-order valence-electron chi connectivity index (χ0n) is 9.45. The maximum absolute atomic E-state index is 5.86. The van der Waals surface area contributed by atoms with E-state index in [9.17, 15) is 0 Å². The first-order valence-corrected chi connectivity index (χ1v) is 6.31. The molecule has 0 aromatic heterocycles. The standard InChI is InChI=1S/C12H13Cl2NO2/c1-16-10-4-2-9(3-5-10)11-6-12(7-13,8-14)17-15-11/h2-5H,6-8H2,1H3. The van der Waals surface area contributed by atoms with Gasteiger partial charge in [0.15, 0.2) is 5.60 Å². The van der Waals surface area contributed by atoms with Gasteiger partial charge in [0, 0.05) is 6.42 Å². The fourth-order valence-corrected chi connectivity index (χ4v) is 2.21. The summed E-state index contributed by atoms with van der Waals surface area (Å²) in [5.74, 6) is 1.48. The smallest absolute Gasteiger partial charge is 0.170 e. The molecule has 2 rings (SSSR count). The van der Waals surface area contributed by atoms with Crippen LogP contribution < -0.4 is 4.74 Å². The second-order valence-electron chi connectivity index (χ2n) is 3.98. The van der Waals surface area contributed by atoms with Crippen molar-refractivity contribution in [3.63, 3.8) is 0 Å². The molecule has 3 nitrogen and oxygen atoms in total. The molecule has 0 unspecified atom stereocenters. The largest absolute Gasteiger partial charge is 0.497 e. The topological polar surface area (TPSA) is 30.8 Å². The lowest BCUT2D eigenvalue weighted by atomic mass is 9.97. The fourth-order valence-electron chi connectivity index (χ4n) is 1.64. The van der Waals surface area contributed by atoms with Crippen molar-refractivity contribution in [2.75, 3.05) is 18.9 Å². The molecule has 17 heavy (non-hydrogen) atoms. The molecule has 0 N–H and O–H groups in total. The summed E-state index contributed by atoms with van der Waals surface area (Å²) >= 11 is 11.7. The molecule has 0 bridgehead atoms. The van der Waals surface area contributed by atoms with Crippen LogP contribution in [0.25, 0.3) is 0 Å². The van der Waals surface area contributed by atoms with Crippen LogP contribution >= 0.6 is 23.2 Å². The number of methoxy groups -OCH3 is 1. The average Bonchev–Trinajstić information content (AvgIpc) is 2.84. The van der Waals surface area contributed by atoms with Crippen LogP contribution in [0.15, 0.2) is 29.4 Å². The highest BCUT2D eigenvalue weighted by Crippen LogP contribution is 2.29. The predicted molar refractivity (Wildman–Crippen MR) is 69.4 cm³/mol. The van der Waals surface area contributed by atoms with Crippen LogP contribution in [0.2, 0.25) is 0 Å². The van der Waals surface area contributed by atoms with E-state index in [0.29, 0.717) is 18.2 Å². The number of oxime groups is 1. The van der Waals surface area contributed by atoms with Crippen LogP contribution in [-0.2, 0) is 4.84 Å². The average molecular weight is 274 g/mol. The van der Waals surface area contributed by atoms with Crippen molar-refractivity contribution in [2.45, 2.75) is 12.0 Å². The molecule has 0 atom stereocenters. The first-order valence-electron chi connectivity index (χ1n) is 5.24. The van der Waals surface area contributed by atoms with Crippen LogP contribution in [0.5, 0.6) is 5.75 Å². The number of halogens is 2. The third-order valence-electron chi connectivity index (χ3n) is 2.75. The van der Waals surface area contributed by atoms with Gasteiger partial charge in [-0.3, -0.25) is 0 Å². The summed E-state index contributed by atoms with van der Waals surface area (Å²) in [6.45, 7) is 0. The van der Waals surface area contributed by atoms with Gasteiger partial charge in [0.05, 0.1) is 24.6 Å². The Hall–Kier alpha value is -0.930. The Labute approximate surface area is 110 Å². The second-order valence-corrected chi connectivity index (χ2v) is 4.52. The van der Waals surface area contributed by atoms with Crippen molar-refractivity contribution in [1.82, 2.24) is 0 Å². The quantitative estimate of drug-likeness (QED) is 0.790. The van der Waals surface area contributed by atoms with Gasteiger partial charge in [-0.05, 0) is 29.8 Å². The summed E-state index contributed by atoms with van der Waals surface area (Å²) in [7, 11) is 1.64. The third kappa shape index (κ3) is 2.50. The van der Waals surface area contributed by atoms with E-state index in [1.807, 2.05) is 24.3 Å². The van der Waals surface area contributed by atoms with Crippen molar-refractivity contribution in [3.8, 4) is 5.75 Å². The molecule has 0 saturated carbocycles. The lowest BCUT2D eigenvalue weighted by Crippen LogP contribution is -2.33. The van der Waals surface area contributed by atoms with Crippen molar-refractivity contribution >= 4 is 28.9 Å². The van der Waals surface area contributed by atoms with Gasteiger partial charge in [-0.1, -0.05) is 5.16 Å².